The van der Waals surface area contributed by atoms with Crippen LogP contribution in [0.3, 0.4) is 0 Å². The molecule has 0 aliphatic carbocycles. The molecule has 0 spiro atoms. The quantitative estimate of drug-likeness (QED) is 0.663. The maximum atomic E-state index is 12.1. The van der Waals surface area contributed by atoms with Crippen molar-refractivity contribution in [3.63, 3.8) is 0 Å². The summed E-state index contributed by atoms with van der Waals surface area (Å²) in [4.78, 5) is 37.3. The van der Waals surface area contributed by atoms with E-state index in [-0.39, 0.29) is 18.4 Å². The summed E-state index contributed by atoms with van der Waals surface area (Å²) in [5.74, 6) is -0.315. The lowest BCUT2D eigenvalue weighted by molar-refractivity contribution is -0.143. The average molecular weight is 352 g/mol. The first-order chi connectivity index (χ1) is 12.6. The van der Waals surface area contributed by atoms with Crippen molar-refractivity contribution >= 4 is 23.5 Å². The van der Waals surface area contributed by atoms with Crippen molar-refractivity contribution in [2.45, 2.75) is 19.3 Å². The van der Waals surface area contributed by atoms with Crippen molar-refractivity contribution in [1.82, 2.24) is 4.90 Å². The monoisotopic (exact) mass is 352 g/mol. The van der Waals surface area contributed by atoms with Crippen LogP contribution >= 0.6 is 0 Å². The highest BCUT2D eigenvalue weighted by molar-refractivity contribution is 6.04. The van der Waals surface area contributed by atoms with Gasteiger partial charge >= 0.3 is 5.97 Å². The number of nitrogens with one attached hydrogen (secondary N) is 1. The lowest BCUT2D eigenvalue weighted by Gasteiger charge is -2.25. The van der Waals surface area contributed by atoms with E-state index in [0.29, 0.717) is 30.0 Å². The molecule has 6 heteroatoms. The molecule has 6 nitrogen and oxygen atoms in total. The van der Waals surface area contributed by atoms with Gasteiger partial charge in [0.1, 0.15) is 12.3 Å². The molecule has 1 N–H and O–H groups in total. The fourth-order valence-corrected chi connectivity index (χ4v) is 2.75. The molecule has 2 aromatic rings. The molecule has 1 saturated heterocycles. The number of nitrogens with zero attached hydrogens (tertiary/aromatic N) is 1. The molecule has 0 bridgehead atoms. The number of carbonyl (C=O) groups excluding carboxylic acids is 3. The van der Waals surface area contributed by atoms with E-state index >= 15 is 0 Å². The van der Waals surface area contributed by atoms with Crippen LogP contribution in [-0.4, -0.2) is 35.8 Å². The highest BCUT2D eigenvalue weighted by atomic mass is 16.5. The minimum Gasteiger partial charge on any atom is -0.425 e. The number of rotatable bonds is 5. The molecule has 1 aliphatic rings. The van der Waals surface area contributed by atoms with Crippen LogP contribution in [-0.2, 0) is 9.59 Å². The van der Waals surface area contributed by atoms with Crippen molar-refractivity contribution in [2.24, 2.45) is 0 Å². The number of hydrogen-bond acceptors (Lipinski definition) is 4. The number of benzene rings is 2. The third-order valence-corrected chi connectivity index (χ3v) is 4.12. The molecule has 0 aromatic heterocycles. The minimum atomic E-state index is -0.471. The SMILES string of the molecule is O=C(CN1CCCCC1=O)Oc1ccc(NC(=O)c2ccccc2)cc1. The maximum absolute atomic E-state index is 12.1. The molecule has 0 saturated carbocycles. The molecule has 0 atom stereocenters. The highest BCUT2D eigenvalue weighted by Gasteiger charge is 2.21. The predicted octanol–water partition coefficient (Wildman–Crippen LogP) is 2.86. The Morgan fingerprint density at radius 2 is 1.73 bits per heavy atom. The first-order valence-corrected chi connectivity index (χ1v) is 8.57. The van der Waals surface area contributed by atoms with Crippen molar-refractivity contribution < 1.29 is 19.1 Å². The van der Waals surface area contributed by atoms with E-state index in [1.807, 2.05) is 6.07 Å². The lowest BCUT2D eigenvalue weighted by Crippen LogP contribution is -2.40. The van der Waals surface area contributed by atoms with Gasteiger partial charge in [-0.05, 0) is 49.2 Å². The number of carbonyl (C=O) groups is 3. The van der Waals surface area contributed by atoms with Gasteiger partial charge in [0.25, 0.3) is 5.91 Å². The van der Waals surface area contributed by atoms with E-state index in [2.05, 4.69) is 5.32 Å². The normalized spacial score (nSPS) is 14.0. The van der Waals surface area contributed by atoms with Gasteiger partial charge in [0, 0.05) is 24.2 Å². The molecule has 1 aliphatic heterocycles. The Hall–Kier alpha value is -3.15. The van der Waals surface area contributed by atoms with Gasteiger partial charge in [0.05, 0.1) is 0 Å². The van der Waals surface area contributed by atoms with Crippen LogP contribution in [0.4, 0.5) is 5.69 Å². The van der Waals surface area contributed by atoms with Gasteiger partial charge in [0.15, 0.2) is 0 Å². The van der Waals surface area contributed by atoms with Crippen molar-refractivity contribution in [3.8, 4) is 5.75 Å². The molecule has 0 unspecified atom stereocenters. The topological polar surface area (TPSA) is 75.7 Å². The third kappa shape index (κ3) is 4.69. The molecule has 1 heterocycles. The van der Waals surface area contributed by atoms with Gasteiger partial charge in [-0.1, -0.05) is 18.2 Å². The lowest BCUT2D eigenvalue weighted by atomic mass is 10.1. The number of amides is 2. The summed E-state index contributed by atoms with van der Waals surface area (Å²) in [6.07, 6.45) is 2.28. The summed E-state index contributed by atoms with van der Waals surface area (Å²) < 4.78 is 5.26. The van der Waals surface area contributed by atoms with Gasteiger partial charge in [0.2, 0.25) is 5.91 Å². The molecule has 134 valence electrons. The summed E-state index contributed by atoms with van der Waals surface area (Å²) in [6.45, 7) is 0.559. The molecule has 1 fully saturated rings. The highest BCUT2D eigenvalue weighted by Crippen LogP contribution is 2.17. The number of likely N-dealkylation sites (tertiary alicyclic amines) is 1. The maximum Gasteiger partial charge on any atom is 0.331 e. The van der Waals surface area contributed by atoms with E-state index in [1.54, 1.807) is 48.5 Å². The molecule has 2 aromatic carbocycles. The Kier molecular flexibility index (Phi) is 5.63. The number of esters is 1. The zero-order chi connectivity index (χ0) is 18.4. The van der Waals surface area contributed by atoms with Gasteiger partial charge in [-0.2, -0.15) is 0 Å². The first-order valence-electron chi connectivity index (χ1n) is 8.57. The number of piperidine rings is 1. The molecule has 0 radical (unpaired) electrons. The van der Waals surface area contributed by atoms with Gasteiger partial charge in [-0.15, -0.1) is 0 Å². The number of anilines is 1. The van der Waals surface area contributed by atoms with Crippen LogP contribution in [0.1, 0.15) is 29.6 Å². The summed E-state index contributed by atoms with van der Waals surface area (Å²) in [7, 11) is 0. The van der Waals surface area contributed by atoms with Crippen LogP contribution < -0.4 is 10.1 Å². The fourth-order valence-electron chi connectivity index (χ4n) is 2.75. The molecule has 2 amide bonds. The van der Waals surface area contributed by atoms with Crippen molar-refractivity contribution in [3.05, 3.63) is 60.2 Å². The van der Waals surface area contributed by atoms with Crippen LogP contribution in [0.5, 0.6) is 5.75 Å². The summed E-state index contributed by atoms with van der Waals surface area (Å²) in [6, 6.07) is 15.4. The van der Waals surface area contributed by atoms with E-state index < -0.39 is 5.97 Å². The van der Waals surface area contributed by atoms with Gasteiger partial charge < -0.3 is 15.0 Å². The standard InChI is InChI=1S/C20H20N2O4/c23-18-8-4-5-13-22(18)14-19(24)26-17-11-9-16(10-12-17)21-20(25)15-6-2-1-3-7-15/h1-3,6-7,9-12H,4-5,8,13-14H2,(H,21,25). The predicted molar refractivity (Wildman–Crippen MR) is 96.9 cm³/mol. The van der Waals surface area contributed by atoms with Gasteiger partial charge in [-0.25, -0.2) is 4.79 Å². The minimum absolute atomic E-state index is 0.00725. The summed E-state index contributed by atoms with van der Waals surface area (Å²) in [5.41, 5.74) is 1.17. The Bertz CT molecular complexity index is 787. The van der Waals surface area contributed by atoms with E-state index in [0.717, 1.165) is 12.8 Å². The molecular weight excluding hydrogens is 332 g/mol. The Balaban J connectivity index is 1.53. The average Bonchev–Trinajstić information content (AvgIpc) is 2.66. The Morgan fingerprint density at radius 1 is 1.00 bits per heavy atom. The van der Waals surface area contributed by atoms with E-state index in [9.17, 15) is 14.4 Å². The van der Waals surface area contributed by atoms with Crippen molar-refractivity contribution in [1.29, 1.82) is 0 Å². The van der Waals surface area contributed by atoms with Crippen LogP contribution in [0, 0.1) is 0 Å². The zero-order valence-corrected chi connectivity index (χ0v) is 14.3. The fraction of sp³-hybridized carbons (Fsp3) is 0.250. The van der Waals surface area contributed by atoms with Crippen LogP contribution in [0.15, 0.2) is 54.6 Å². The van der Waals surface area contributed by atoms with Gasteiger partial charge in [-0.3, -0.25) is 9.59 Å². The van der Waals surface area contributed by atoms with Crippen LogP contribution in [0.2, 0.25) is 0 Å². The largest absolute Gasteiger partial charge is 0.425 e. The molecule has 26 heavy (non-hydrogen) atoms. The third-order valence-electron chi connectivity index (χ3n) is 4.12. The van der Waals surface area contributed by atoms with Crippen molar-refractivity contribution in [2.75, 3.05) is 18.4 Å². The Morgan fingerprint density at radius 3 is 2.42 bits per heavy atom. The Labute approximate surface area is 151 Å². The summed E-state index contributed by atoms with van der Waals surface area (Å²) >= 11 is 0. The number of ether oxygens (including phenoxy) is 1. The smallest absolute Gasteiger partial charge is 0.331 e. The first kappa shape index (κ1) is 17.7. The van der Waals surface area contributed by atoms with E-state index in [4.69, 9.17) is 4.74 Å². The second kappa shape index (κ2) is 8.29. The second-order valence-corrected chi connectivity index (χ2v) is 6.09. The molecular formula is C20H20N2O4. The number of hydrogen-bond donors (Lipinski definition) is 1. The molecule has 3 rings (SSSR count). The second-order valence-electron chi connectivity index (χ2n) is 6.09. The summed E-state index contributed by atoms with van der Waals surface area (Å²) in [5, 5.41) is 2.78. The van der Waals surface area contributed by atoms with Crippen LogP contribution in [0.25, 0.3) is 0 Å². The zero-order valence-electron chi connectivity index (χ0n) is 14.3. The van der Waals surface area contributed by atoms with E-state index in [1.165, 1.54) is 4.90 Å².